The summed E-state index contributed by atoms with van der Waals surface area (Å²) in [6, 6.07) is 6.79. The smallest absolute Gasteiger partial charge is 0.253 e. The predicted octanol–water partition coefficient (Wildman–Crippen LogP) is 0.792. The fourth-order valence-corrected chi connectivity index (χ4v) is 1.73. The Hall–Kier alpha value is -2.14. The molecule has 0 aliphatic heterocycles. The van der Waals surface area contributed by atoms with Gasteiger partial charge < -0.3 is 9.84 Å². The highest BCUT2D eigenvalue weighted by Gasteiger charge is 2.06. The number of nitrogens with zero attached hydrogens (tertiary/aromatic N) is 2. The van der Waals surface area contributed by atoms with Gasteiger partial charge in [-0.3, -0.25) is 9.36 Å². The summed E-state index contributed by atoms with van der Waals surface area (Å²) in [6.45, 7) is 0.322. The predicted molar refractivity (Wildman–Crippen MR) is 66.5 cm³/mol. The van der Waals surface area contributed by atoms with Crippen molar-refractivity contribution in [2.75, 3.05) is 7.11 Å². The van der Waals surface area contributed by atoms with Gasteiger partial charge in [-0.1, -0.05) is 6.07 Å². The highest BCUT2D eigenvalue weighted by molar-refractivity contribution is 5.37. The molecular weight excluding hydrogens is 232 g/mol. The van der Waals surface area contributed by atoms with Crippen LogP contribution in [0.25, 0.3) is 0 Å². The molecule has 0 bridgehead atoms. The Morgan fingerprint density at radius 3 is 2.89 bits per heavy atom. The van der Waals surface area contributed by atoms with Crippen LogP contribution in [0.1, 0.15) is 11.1 Å². The molecule has 1 heterocycles. The summed E-state index contributed by atoms with van der Waals surface area (Å²) in [7, 11) is 1.57. The van der Waals surface area contributed by atoms with Crippen molar-refractivity contribution in [2.45, 2.75) is 13.2 Å². The second-order valence-corrected chi connectivity index (χ2v) is 3.85. The molecule has 0 saturated carbocycles. The number of hydrogen-bond donors (Lipinski definition) is 1. The van der Waals surface area contributed by atoms with Crippen molar-refractivity contribution in [3.63, 3.8) is 0 Å². The average Bonchev–Trinajstić information content (AvgIpc) is 2.41. The lowest BCUT2D eigenvalue weighted by Crippen LogP contribution is -2.19. The standard InChI is InChI=1S/C13H14N2O3/c1-18-12-3-2-10(8-16)6-11(12)7-15-9-14-5-4-13(15)17/h2-6,9,16H,7-8H2,1H3. The van der Waals surface area contributed by atoms with Crippen molar-refractivity contribution < 1.29 is 9.84 Å². The quantitative estimate of drug-likeness (QED) is 0.866. The number of ether oxygens (including phenoxy) is 1. The molecule has 2 aromatic rings. The van der Waals surface area contributed by atoms with Gasteiger partial charge in [-0.25, -0.2) is 4.98 Å². The highest BCUT2D eigenvalue weighted by Crippen LogP contribution is 2.20. The van der Waals surface area contributed by atoms with Gasteiger partial charge in [0.25, 0.3) is 5.56 Å². The van der Waals surface area contributed by atoms with Gasteiger partial charge in [-0.2, -0.15) is 0 Å². The van der Waals surface area contributed by atoms with E-state index in [9.17, 15) is 4.79 Å². The van der Waals surface area contributed by atoms with Crippen LogP contribution in [0.4, 0.5) is 0 Å². The zero-order valence-corrected chi connectivity index (χ0v) is 10.0. The molecule has 1 aromatic heterocycles. The first kappa shape index (κ1) is 12.3. The fourth-order valence-electron chi connectivity index (χ4n) is 1.73. The second-order valence-electron chi connectivity index (χ2n) is 3.85. The first-order valence-corrected chi connectivity index (χ1v) is 5.51. The largest absolute Gasteiger partial charge is 0.496 e. The minimum Gasteiger partial charge on any atom is -0.496 e. The monoisotopic (exact) mass is 246 g/mol. The molecule has 0 saturated heterocycles. The van der Waals surface area contributed by atoms with E-state index in [0.29, 0.717) is 12.3 Å². The van der Waals surface area contributed by atoms with Crippen LogP contribution in [0.3, 0.4) is 0 Å². The van der Waals surface area contributed by atoms with Crippen LogP contribution >= 0.6 is 0 Å². The third-order valence-electron chi connectivity index (χ3n) is 2.66. The highest BCUT2D eigenvalue weighted by atomic mass is 16.5. The van der Waals surface area contributed by atoms with E-state index in [1.165, 1.54) is 23.2 Å². The average molecular weight is 246 g/mol. The minimum absolute atomic E-state index is 0.0427. The lowest BCUT2D eigenvalue weighted by Gasteiger charge is -2.11. The van der Waals surface area contributed by atoms with Gasteiger partial charge in [0.2, 0.25) is 0 Å². The van der Waals surface area contributed by atoms with E-state index in [1.807, 2.05) is 6.07 Å². The molecular formula is C13H14N2O3. The summed E-state index contributed by atoms with van der Waals surface area (Å²) >= 11 is 0. The maximum Gasteiger partial charge on any atom is 0.253 e. The Bertz CT molecular complexity index is 593. The molecule has 0 spiro atoms. The first-order valence-electron chi connectivity index (χ1n) is 5.51. The van der Waals surface area contributed by atoms with Crippen molar-refractivity contribution in [3.05, 3.63) is 58.3 Å². The van der Waals surface area contributed by atoms with E-state index < -0.39 is 0 Å². The van der Waals surface area contributed by atoms with Gasteiger partial charge in [0, 0.05) is 17.8 Å². The third-order valence-corrected chi connectivity index (χ3v) is 2.66. The molecule has 2 rings (SSSR count). The van der Waals surface area contributed by atoms with E-state index in [4.69, 9.17) is 9.84 Å². The minimum atomic E-state index is -0.124. The zero-order chi connectivity index (χ0) is 13.0. The number of methoxy groups -OCH3 is 1. The van der Waals surface area contributed by atoms with Gasteiger partial charge in [0.15, 0.2) is 0 Å². The van der Waals surface area contributed by atoms with Gasteiger partial charge in [0.05, 0.1) is 26.6 Å². The van der Waals surface area contributed by atoms with Crippen molar-refractivity contribution in [3.8, 4) is 5.75 Å². The van der Waals surface area contributed by atoms with Crippen molar-refractivity contribution in [1.29, 1.82) is 0 Å². The topological polar surface area (TPSA) is 64.3 Å². The summed E-state index contributed by atoms with van der Waals surface area (Å²) in [6.07, 6.45) is 2.94. The Morgan fingerprint density at radius 2 is 2.22 bits per heavy atom. The summed E-state index contributed by atoms with van der Waals surface area (Å²) in [5.41, 5.74) is 1.49. The lowest BCUT2D eigenvalue weighted by molar-refractivity contribution is 0.281. The molecule has 94 valence electrons. The van der Waals surface area contributed by atoms with E-state index in [-0.39, 0.29) is 12.2 Å². The van der Waals surface area contributed by atoms with Crippen LogP contribution < -0.4 is 10.3 Å². The lowest BCUT2D eigenvalue weighted by atomic mass is 10.1. The molecule has 5 nitrogen and oxygen atoms in total. The molecule has 5 heteroatoms. The summed E-state index contributed by atoms with van der Waals surface area (Å²) < 4.78 is 6.72. The van der Waals surface area contributed by atoms with E-state index >= 15 is 0 Å². The van der Waals surface area contributed by atoms with Crippen molar-refractivity contribution in [1.82, 2.24) is 9.55 Å². The second kappa shape index (κ2) is 5.46. The van der Waals surface area contributed by atoms with Gasteiger partial charge in [0.1, 0.15) is 5.75 Å². The van der Waals surface area contributed by atoms with E-state index in [0.717, 1.165) is 11.1 Å². The fraction of sp³-hybridized carbons (Fsp3) is 0.231. The molecule has 0 radical (unpaired) electrons. The summed E-state index contributed by atoms with van der Waals surface area (Å²) in [5, 5.41) is 9.12. The van der Waals surface area contributed by atoms with E-state index in [2.05, 4.69) is 4.98 Å². The molecule has 0 amide bonds. The molecule has 0 fully saturated rings. The SMILES string of the molecule is COc1ccc(CO)cc1Cn1cnccc1=O. The first-order chi connectivity index (χ1) is 8.74. The Kier molecular flexibility index (Phi) is 3.74. The normalized spacial score (nSPS) is 10.3. The van der Waals surface area contributed by atoms with Crippen LogP contribution in [-0.2, 0) is 13.2 Å². The molecule has 1 aromatic carbocycles. The molecule has 0 aliphatic rings. The summed E-state index contributed by atoms with van der Waals surface area (Å²) in [4.78, 5) is 15.5. The van der Waals surface area contributed by atoms with Gasteiger partial charge in [-0.05, 0) is 17.7 Å². The number of benzene rings is 1. The molecule has 0 atom stereocenters. The maximum atomic E-state index is 11.6. The third kappa shape index (κ3) is 2.57. The van der Waals surface area contributed by atoms with Crippen LogP contribution in [-0.4, -0.2) is 21.8 Å². The number of aliphatic hydroxyl groups is 1. The van der Waals surface area contributed by atoms with Gasteiger partial charge in [-0.15, -0.1) is 0 Å². The Morgan fingerprint density at radius 1 is 1.39 bits per heavy atom. The maximum absolute atomic E-state index is 11.6. The van der Waals surface area contributed by atoms with Crippen molar-refractivity contribution in [2.24, 2.45) is 0 Å². The Labute approximate surface area is 104 Å². The van der Waals surface area contributed by atoms with Crippen LogP contribution in [0.15, 0.2) is 41.6 Å². The number of hydrogen-bond acceptors (Lipinski definition) is 4. The number of aromatic nitrogens is 2. The summed E-state index contributed by atoms with van der Waals surface area (Å²) in [5.74, 6) is 0.683. The molecule has 0 aliphatic carbocycles. The van der Waals surface area contributed by atoms with Crippen LogP contribution in [0, 0.1) is 0 Å². The van der Waals surface area contributed by atoms with Gasteiger partial charge >= 0.3 is 0 Å². The number of rotatable bonds is 4. The van der Waals surface area contributed by atoms with Crippen LogP contribution in [0.2, 0.25) is 0 Å². The van der Waals surface area contributed by atoms with E-state index in [1.54, 1.807) is 19.2 Å². The van der Waals surface area contributed by atoms with Crippen LogP contribution in [0.5, 0.6) is 5.75 Å². The number of aliphatic hydroxyl groups excluding tert-OH is 1. The zero-order valence-electron chi connectivity index (χ0n) is 10.0. The molecule has 1 N–H and O–H groups in total. The Balaban J connectivity index is 2.38. The molecule has 18 heavy (non-hydrogen) atoms. The molecule has 0 unspecified atom stereocenters. The van der Waals surface area contributed by atoms with Crippen molar-refractivity contribution >= 4 is 0 Å².